The van der Waals surface area contributed by atoms with E-state index in [2.05, 4.69) is 43.6 Å². The molecular formula is C26H28N6O2. The molecule has 0 bridgehead atoms. The van der Waals surface area contributed by atoms with Crippen LogP contribution in [0, 0.1) is 0 Å². The first-order valence-corrected chi connectivity index (χ1v) is 11.2. The number of pyridine rings is 2. The maximum absolute atomic E-state index is 12.3. The van der Waals surface area contributed by atoms with Crippen molar-refractivity contribution in [3.63, 3.8) is 0 Å². The van der Waals surface area contributed by atoms with Crippen LogP contribution in [0.5, 0.6) is 0 Å². The fourth-order valence-corrected chi connectivity index (χ4v) is 3.86. The molecule has 1 amide bonds. The number of amides is 1. The first kappa shape index (κ1) is 23.3. The van der Waals surface area contributed by atoms with Gasteiger partial charge < -0.3 is 15.4 Å². The van der Waals surface area contributed by atoms with Crippen LogP contribution >= 0.6 is 0 Å². The lowest BCUT2D eigenvalue weighted by Gasteiger charge is -2.16. The van der Waals surface area contributed by atoms with Crippen LogP contribution in [0.1, 0.15) is 47.5 Å². The number of carbonyl (C=O) groups excluding carboxylic acids is 1. The van der Waals surface area contributed by atoms with Crippen molar-refractivity contribution < 1.29 is 9.53 Å². The summed E-state index contributed by atoms with van der Waals surface area (Å²) in [5.41, 5.74) is 5.12. The molecular weight excluding hydrogens is 428 g/mol. The number of carbonyl (C=O) groups is 1. The van der Waals surface area contributed by atoms with Crippen LogP contribution in [0.25, 0.3) is 22.2 Å². The summed E-state index contributed by atoms with van der Waals surface area (Å²) in [4.78, 5) is 30.0. The molecule has 2 N–H and O–H groups in total. The number of nitrogens with zero attached hydrogens (tertiary/aromatic N) is 4. The van der Waals surface area contributed by atoms with Crippen LogP contribution in [0.4, 0.5) is 5.82 Å². The third kappa shape index (κ3) is 4.87. The van der Waals surface area contributed by atoms with Gasteiger partial charge in [-0.05, 0) is 30.7 Å². The van der Waals surface area contributed by atoms with Crippen molar-refractivity contribution in [2.75, 3.05) is 26.0 Å². The largest absolute Gasteiger partial charge is 0.375 e. The lowest BCUT2D eigenvalue weighted by atomic mass is 9.96. The second-order valence-corrected chi connectivity index (χ2v) is 8.10. The molecule has 3 aromatic heterocycles. The molecule has 4 rings (SSSR count). The van der Waals surface area contributed by atoms with Crippen molar-refractivity contribution in [1.29, 1.82) is 0 Å². The number of rotatable bonds is 8. The van der Waals surface area contributed by atoms with Crippen LogP contribution < -0.4 is 10.6 Å². The molecule has 0 spiro atoms. The maximum Gasteiger partial charge on any atom is 0.251 e. The van der Waals surface area contributed by atoms with E-state index in [1.807, 2.05) is 37.3 Å². The van der Waals surface area contributed by atoms with Crippen molar-refractivity contribution in [2.45, 2.75) is 25.9 Å². The average molecular weight is 457 g/mol. The van der Waals surface area contributed by atoms with E-state index in [4.69, 9.17) is 4.74 Å². The molecule has 0 radical (unpaired) electrons. The minimum atomic E-state index is -0.122. The molecule has 0 aliphatic rings. The Labute approximate surface area is 198 Å². The highest BCUT2D eigenvalue weighted by molar-refractivity contribution is 6.06. The lowest BCUT2D eigenvalue weighted by molar-refractivity contribution is 0.0964. The SMILES string of the molecule is CNC(=O)c1ccnc2c([C@H](C)CNc3cc(-c4ccnc([C@H](C)OC)c4)ncn3)cccc12. The Hall–Kier alpha value is -3.91. The number of nitrogens with one attached hydrogen (secondary N) is 2. The van der Waals surface area contributed by atoms with Gasteiger partial charge in [0.15, 0.2) is 0 Å². The predicted molar refractivity (Wildman–Crippen MR) is 133 cm³/mol. The minimum absolute atomic E-state index is 0.0987. The number of ether oxygens (including phenoxy) is 1. The average Bonchev–Trinajstić information content (AvgIpc) is 2.90. The smallest absolute Gasteiger partial charge is 0.251 e. The van der Waals surface area contributed by atoms with Crippen molar-refractivity contribution in [2.24, 2.45) is 0 Å². The molecule has 0 fully saturated rings. The van der Waals surface area contributed by atoms with Crippen LogP contribution in [0.15, 0.2) is 61.2 Å². The number of para-hydroxylation sites is 1. The topological polar surface area (TPSA) is 102 Å². The molecule has 2 atom stereocenters. The van der Waals surface area contributed by atoms with Crippen LogP contribution in [-0.2, 0) is 4.74 Å². The van der Waals surface area contributed by atoms with Gasteiger partial charge >= 0.3 is 0 Å². The van der Waals surface area contributed by atoms with E-state index in [0.717, 1.165) is 39.2 Å². The Bertz CT molecular complexity index is 1310. The van der Waals surface area contributed by atoms with Crippen molar-refractivity contribution >= 4 is 22.6 Å². The van der Waals surface area contributed by atoms with Gasteiger partial charge in [-0.1, -0.05) is 25.1 Å². The number of methoxy groups -OCH3 is 1. The molecule has 34 heavy (non-hydrogen) atoms. The highest BCUT2D eigenvalue weighted by Crippen LogP contribution is 2.27. The number of hydrogen-bond donors (Lipinski definition) is 2. The number of hydrogen-bond acceptors (Lipinski definition) is 7. The van der Waals surface area contributed by atoms with Gasteiger partial charge in [0.05, 0.1) is 28.6 Å². The second-order valence-electron chi connectivity index (χ2n) is 8.10. The Kier molecular flexibility index (Phi) is 7.08. The monoisotopic (exact) mass is 456 g/mol. The molecule has 0 saturated heterocycles. The van der Waals surface area contributed by atoms with Gasteiger partial charge in [-0.15, -0.1) is 0 Å². The molecule has 3 heterocycles. The molecule has 0 unspecified atom stereocenters. The Balaban J connectivity index is 1.54. The summed E-state index contributed by atoms with van der Waals surface area (Å²) < 4.78 is 5.38. The highest BCUT2D eigenvalue weighted by atomic mass is 16.5. The zero-order chi connectivity index (χ0) is 24.1. The van der Waals surface area contributed by atoms with Gasteiger partial charge in [-0.3, -0.25) is 14.8 Å². The van der Waals surface area contributed by atoms with E-state index in [1.54, 1.807) is 38.9 Å². The Morgan fingerprint density at radius 1 is 1.03 bits per heavy atom. The lowest BCUT2D eigenvalue weighted by Crippen LogP contribution is -2.18. The highest BCUT2D eigenvalue weighted by Gasteiger charge is 2.15. The van der Waals surface area contributed by atoms with E-state index >= 15 is 0 Å². The van der Waals surface area contributed by atoms with E-state index in [-0.39, 0.29) is 17.9 Å². The fraction of sp³-hybridized carbons (Fsp3) is 0.269. The first-order chi connectivity index (χ1) is 16.5. The molecule has 8 nitrogen and oxygen atoms in total. The summed E-state index contributed by atoms with van der Waals surface area (Å²) in [7, 11) is 3.30. The van der Waals surface area contributed by atoms with Crippen LogP contribution in [0.2, 0.25) is 0 Å². The molecule has 1 aromatic carbocycles. The summed E-state index contributed by atoms with van der Waals surface area (Å²) in [5.74, 6) is 0.738. The van der Waals surface area contributed by atoms with Gasteiger partial charge in [0.25, 0.3) is 5.91 Å². The normalized spacial score (nSPS) is 12.8. The van der Waals surface area contributed by atoms with Gasteiger partial charge in [0.2, 0.25) is 0 Å². The van der Waals surface area contributed by atoms with E-state index in [0.29, 0.717) is 12.1 Å². The molecule has 0 aliphatic carbocycles. The van der Waals surface area contributed by atoms with Crippen LogP contribution in [-0.4, -0.2) is 46.5 Å². The maximum atomic E-state index is 12.3. The van der Waals surface area contributed by atoms with E-state index in [1.165, 1.54) is 0 Å². The number of fused-ring (bicyclic) bond motifs is 1. The predicted octanol–water partition coefficient (Wildman–Crippen LogP) is 4.37. The molecule has 0 saturated carbocycles. The standard InChI is InChI=1S/C26H28N6O2/c1-16(19-6-5-7-20-21(26(33)27-3)9-11-29-25(19)20)14-30-24-13-23(31-15-32-24)18-8-10-28-22(12-18)17(2)34-4/h5-13,15-17H,14H2,1-4H3,(H,27,33)(H,30,31,32)/t16-,17+/m1/s1. The van der Waals surface area contributed by atoms with Gasteiger partial charge in [-0.25, -0.2) is 9.97 Å². The van der Waals surface area contributed by atoms with Gasteiger partial charge in [0, 0.05) is 56.0 Å². The summed E-state index contributed by atoms with van der Waals surface area (Å²) in [6.45, 7) is 4.73. The van der Waals surface area contributed by atoms with E-state index in [9.17, 15) is 4.79 Å². The summed E-state index contributed by atoms with van der Waals surface area (Å²) >= 11 is 0. The first-order valence-electron chi connectivity index (χ1n) is 11.2. The number of aromatic nitrogens is 4. The third-order valence-corrected chi connectivity index (χ3v) is 5.91. The van der Waals surface area contributed by atoms with Gasteiger partial charge in [-0.2, -0.15) is 0 Å². The third-order valence-electron chi connectivity index (χ3n) is 5.91. The minimum Gasteiger partial charge on any atom is -0.375 e. The summed E-state index contributed by atoms with van der Waals surface area (Å²) in [6, 6.07) is 13.5. The van der Waals surface area contributed by atoms with E-state index < -0.39 is 0 Å². The summed E-state index contributed by atoms with van der Waals surface area (Å²) in [6.07, 6.45) is 4.90. The van der Waals surface area contributed by atoms with Crippen molar-refractivity contribution in [3.05, 3.63) is 78.0 Å². The quantitative estimate of drug-likeness (QED) is 0.406. The molecule has 4 aromatic rings. The zero-order valence-corrected chi connectivity index (χ0v) is 19.7. The molecule has 0 aliphatic heterocycles. The van der Waals surface area contributed by atoms with Crippen molar-refractivity contribution in [3.8, 4) is 11.3 Å². The van der Waals surface area contributed by atoms with Crippen LogP contribution in [0.3, 0.4) is 0 Å². The van der Waals surface area contributed by atoms with Gasteiger partial charge in [0.1, 0.15) is 12.1 Å². The Morgan fingerprint density at radius 3 is 2.65 bits per heavy atom. The Morgan fingerprint density at radius 2 is 1.85 bits per heavy atom. The van der Waals surface area contributed by atoms with Crippen molar-refractivity contribution in [1.82, 2.24) is 25.3 Å². The number of anilines is 1. The molecule has 174 valence electrons. The fourth-order valence-electron chi connectivity index (χ4n) is 3.86. The second kappa shape index (κ2) is 10.4. The summed E-state index contributed by atoms with van der Waals surface area (Å²) in [5, 5.41) is 6.95. The number of benzene rings is 1. The zero-order valence-electron chi connectivity index (χ0n) is 19.7. The molecule has 8 heteroatoms.